The van der Waals surface area contributed by atoms with Crippen molar-refractivity contribution in [3.8, 4) is 0 Å². The number of nitrogens with zero attached hydrogens (tertiary/aromatic N) is 1. The largest absolute Gasteiger partial charge is 0.297 e. The van der Waals surface area contributed by atoms with Gasteiger partial charge in [-0.25, -0.2) is 0 Å². The number of hydrogen-bond acceptors (Lipinski definition) is 1. The first-order chi connectivity index (χ1) is 4.25. The molecule has 0 radical (unpaired) electrons. The normalized spacial score (nSPS) is 25.1. The summed E-state index contributed by atoms with van der Waals surface area (Å²) in [7, 11) is 0. The summed E-state index contributed by atoms with van der Waals surface area (Å²) in [5, 5.41) is 0. The summed E-state index contributed by atoms with van der Waals surface area (Å²) < 4.78 is 0. The van der Waals surface area contributed by atoms with Crippen LogP contribution in [0.2, 0.25) is 0 Å². The highest BCUT2D eigenvalue weighted by molar-refractivity contribution is 5.25. The van der Waals surface area contributed by atoms with Crippen LogP contribution in [0, 0.1) is 5.41 Å². The van der Waals surface area contributed by atoms with Crippen LogP contribution in [-0.4, -0.2) is 12.8 Å². The third kappa shape index (κ3) is 1.00. The van der Waals surface area contributed by atoms with Gasteiger partial charge >= 0.3 is 0 Å². The molecule has 1 saturated carbocycles. The highest BCUT2D eigenvalue weighted by Gasteiger charge is 2.45. The molecule has 1 rings (SSSR count). The lowest BCUT2D eigenvalue weighted by molar-refractivity contribution is 0.411. The molecule has 9 heavy (non-hydrogen) atoms. The molecule has 1 aliphatic carbocycles. The van der Waals surface area contributed by atoms with Crippen molar-refractivity contribution < 1.29 is 0 Å². The third-order valence-corrected chi connectivity index (χ3v) is 2.76. The van der Waals surface area contributed by atoms with Gasteiger partial charge in [0.05, 0.1) is 6.04 Å². The van der Waals surface area contributed by atoms with Gasteiger partial charge in [-0.05, 0) is 38.3 Å². The first-order valence-corrected chi connectivity index (χ1v) is 3.71. The number of hydrogen-bond donors (Lipinski definition) is 0. The first-order valence-electron chi connectivity index (χ1n) is 3.71. The van der Waals surface area contributed by atoms with Gasteiger partial charge in [0.25, 0.3) is 0 Å². The molecule has 0 aromatic carbocycles. The summed E-state index contributed by atoms with van der Waals surface area (Å²) in [6.07, 6.45) is 4.00. The van der Waals surface area contributed by atoms with E-state index in [4.69, 9.17) is 0 Å². The Hall–Kier alpha value is -0.330. The van der Waals surface area contributed by atoms with Crippen molar-refractivity contribution in [2.24, 2.45) is 10.4 Å². The van der Waals surface area contributed by atoms with Crippen molar-refractivity contribution in [3.05, 3.63) is 0 Å². The predicted molar refractivity (Wildman–Crippen MR) is 41.0 cm³/mol. The fraction of sp³-hybridized carbons (Fsp3) is 0.875. The molecule has 0 heterocycles. The van der Waals surface area contributed by atoms with E-state index in [1.807, 2.05) is 0 Å². The Labute approximate surface area is 57.2 Å². The van der Waals surface area contributed by atoms with Crippen LogP contribution < -0.4 is 0 Å². The van der Waals surface area contributed by atoms with E-state index >= 15 is 0 Å². The topological polar surface area (TPSA) is 12.4 Å². The van der Waals surface area contributed by atoms with E-state index in [0.29, 0.717) is 11.5 Å². The molecule has 1 unspecified atom stereocenters. The second-order valence-corrected chi connectivity index (χ2v) is 3.07. The van der Waals surface area contributed by atoms with Gasteiger partial charge in [-0.1, -0.05) is 6.92 Å². The molecule has 52 valence electrons. The van der Waals surface area contributed by atoms with Gasteiger partial charge in [0.15, 0.2) is 0 Å². The fourth-order valence-corrected chi connectivity index (χ4v) is 1.42. The molecule has 1 atom stereocenters. The Kier molecular flexibility index (Phi) is 1.60. The molecule has 0 aromatic rings. The molecule has 1 fully saturated rings. The van der Waals surface area contributed by atoms with Crippen LogP contribution in [0.15, 0.2) is 4.99 Å². The maximum atomic E-state index is 4.04. The average Bonchev–Trinajstić information content (AvgIpc) is 2.66. The highest BCUT2D eigenvalue weighted by Crippen LogP contribution is 2.52. The lowest BCUT2D eigenvalue weighted by Gasteiger charge is -2.16. The Morgan fingerprint density at radius 3 is 2.33 bits per heavy atom. The van der Waals surface area contributed by atoms with Crippen LogP contribution in [0.5, 0.6) is 0 Å². The monoisotopic (exact) mass is 125 g/mol. The van der Waals surface area contributed by atoms with E-state index in [2.05, 4.69) is 25.6 Å². The van der Waals surface area contributed by atoms with Gasteiger partial charge < -0.3 is 0 Å². The van der Waals surface area contributed by atoms with Crippen LogP contribution in [-0.2, 0) is 0 Å². The minimum atomic E-state index is 0.488. The lowest BCUT2D eigenvalue weighted by atomic mass is 9.96. The molecule has 0 bridgehead atoms. The summed E-state index contributed by atoms with van der Waals surface area (Å²) in [5.74, 6) is 0. The number of rotatable bonds is 3. The Bertz CT molecular complexity index is 114. The Morgan fingerprint density at radius 2 is 2.22 bits per heavy atom. The molecule has 0 aliphatic heterocycles. The van der Waals surface area contributed by atoms with E-state index in [1.165, 1.54) is 19.3 Å². The maximum absolute atomic E-state index is 4.04. The summed E-state index contributed by atoms with van der Waals surface area (Å²) in [6, 6.07) is 0.488. The van der Waals surface area contributed by atoms with Crippen molar-refractivity contribution in [3.63, 3.8) is 0 Å². The van der Waals surface area contributed by atoms with Crippen molar-refractivity contribution in [1.82, 2.24) is 0 Å². The summed E-state index contributed by atoms with van der Waals surface area (Å²) in [4.78, 5) is 4.04. The van der Waals surface area contributed by atoms with E-state index in [1.54, 1.807) is 0 Å². The van der Waals surface area contributed by atoms with Crippen LogP contribution in [0.1, 0.15) is 33.1 Å². The molecule has 0 N–H and O–H groups in total. The van der Waals surface area contributed by atoms with Gasteiger partial charge in [-0.2, -0.15) is 0 Å². The van der Waals surface area contributed by atoms with Crippen LogP contribution >= 0.6 is 0 Å². The molecule has 0 saturated heterocycles. The van der Waals surface area contributed by atoms with Crippen LogP contribution in [0.3, 0.4) is 0 Å². The van der Waals surface area contributed by atoms with E-state index < -0.39 is 0 Å². The molecule has 0 spiro atoms. The molecular formula is C8H15N. The van der Waals surface area contributed by atoms with Crippen LogP contribution in [0.25, 0.3) is 0 Å². The average molecular weight is 125 g/mol. The fourth-order valence-electron chi connectivity index (χ4n) is 1.42. The zero-order valence-electron chi connectivity index (χ0n) is 6.35. The molecule has 1 aliphatic rings. The van der Waals surface area contributed by atoms with Crippen molar-refractivity contribution in [1.29, 1.82) is 0 Å². The molecule has 1 heteroatoms. The third-order valence-electron chi connectivity index (χ3n) is 2.76. The van der Waals surface area contributed by atoms with Gasteiger partial charge in [-0.3, -0.25) is 4.99 Å². The minimum Gasteiger partial charge on any atom is -0.297 e. The van der Waals surface area contributed by atoms with Crippen molar-refractivity contribution >= 4 is 6.72 Å². The summed E-state index contributed by atoms with van der Waals surface area (Å²) in [6.45, 7) is 7.98. The highest BCUT2D eigenvalue weighted by atomic mass is 14.8. The van der Waals surface area contributed by atoms with E-state index in [0.717, 1.165) is 0 Å². The quantitative estimate of drug-likeness (QED) is 0.513. The van der Waals surface area contributed by atoms with E-state index in [-0.39, 0.29) is 0 Å². The number of aliphatic imine (C=N–C) groups is 1. The SMILES string of the molecule is C=NC(C)C1(CC)CC1. The van der Waals surface area contributed by atoms with Gasteiger partial charge in [0.2, 0.25) is 0 Å². The molecule has 0 aromatic heterocycles. The zero-order chi connectivity index (χ0) is 6.91. The van der Waals surface area contributed by atoms with Gasteiger partial charge in [0, 0.05) is 0 Å². The van der Waals surface area contributed by atoms with E-state index in [9.17, 15) is 0 Å². The Morgan fingerprint density at radius 1 is 1.67 bits per heavy atom. The van der Waals surface area contributed by atoms with Crippen molar-refractivity contribution in [2.45, 2.75) is 39.2 Å². The Balaban J connectivity index is 2.48. The molecule has 1 nitrogen and oxygen atoms in total. The molecule has 0 amide bonds. The zero-order valence-corrected chi connectivity index (χ0v) is 6.35. The van der Waals surface area contributed by atoms with Gasteiger partial charge in [-0.15, -0.1) is 0 Å². The van der Waals surface area contributed by atoms with Crippen molar-refractivity contribution in [2.75, 3.05) is 0 Å². The summed E-state index contributed by atoms with van der Waals surface area (Å²) >= 11 is 0. The standard InChI is InChI=1S/C8H15N/c1-4-8(5-6-8)7(2)9-3/h7H,3-6H2,1-2H3. The van der Waals surface area contributed by atoms with Gasteiger partial charge in [0.1, 0.15) is 0 Å². The van der Waals surface area contributed by atoms with Crippen LogP contribution in [0.4, 0.5) is 0 Å². The minimum absolute atomic E-state index is 0.488. The maximum Gasteiger partial charge on any atom is 0.0520 e. The molecular weight excluding hydrogens is 110 g/mol. The smallest absolute Gasteiger partial charge is 0.0520 e. The predicted octanol–water partition coefficient (Wildman–Crippen LogP) is 2.27. The second-order valence-electron chi connectivity index (χ2n) is 3.07. The second kappa shape index (κ2) is 2.13. The first kappa shape index (κ1) is 6.79. The summed E-state index contributed by atoms with van der Waals surface area (Å²) in [5.41, 5.74) is 0.571. The lowest BCUT2D eigenvalue weighted by Crippen LogP contribution is -2.14.